The van der Waals surface area contributed by atoms with Crippen molar-refractivity contribution < 1.29 is 32.7 Å². The standard InChI is InChI=1S/C34H40O7SSi/c1-33(2,3)43(34(4,5)6)40-26(22-37-30(35)23-16-10-7-11-17-23)27-28(41-43)29(38-31(36)24-18-12-8-13-19-24)32(39-27)42-25-20-14-9-15-21-25/h7-21,26-29,32H,22H2,1-6H3/t26-,27+,28+,29-,32+/m1/s1. The summed E-state index contributed by atoms with van der Waals surface area (Å²) in [6.45, 7) is 12.7. The lowest BCUT2D eigenvalue weighted by molar-refractivity contribution is -0.125. The zero-order valence-electron chi connectivity index (χ0n) is 25.5. The van der Waals surface area contributed by atoms with Crippen LogP contribution in [-0.2, 0) is 23.1 Å². The van der Waals surface area contributed by atoms with Gasteiger partial charge in [0.1, 0.15) is 30.4 Å². The lowest BCUT2D eigenvalue weighted by atomic mass is 10.1. The Labute approximate surface area is 259 Å². The van der Waals surface area contributed by atoms with Gasteiger partial charge in [-0.2, -0.15) is 0 Å². The van der Waals surface area contributed by atoms with Crippen LogP contribution in [0.4, 0.5) is 0 Å². The third-order valence-corrected chi connectivity index (χ3v) is 14.1. The molecule has 228 valence electrons. The smallest absolute Gasteiger partial charge is 0.350 e. The van der Waals surface area contributed by atoms with Gasteiger partial charge in [-0.25, -0.2) is 9.59 Å². The minimum absolute atomic E-state index is 0.0265. The Morgan fingerprint density at radius 2 is 1.23 bits per heavy atom. The SMILES string of the molecule is CC(C)(C)[Si]1(C(C)(C)C)O[C@H]2[C@@H](O[C@@H](Sc3ccccc3)[C@@H]2OC(=O)c2ccccc2)[C@@H](COC(=O)c2ccccc2)O1. The third kappa shape index (κ3) is 6.61. The monoisotopic (exact) mass is 620 g/mol. The van der Waals surface area contributed by atoms with E-state index in [-0.39, 0.29) is 16.7 Å². The van der Waals surface area contributed by atoms with Gasteiger partial charge in [0.15, 0.2) is 6.10 Å². The molecule has 2 aliphatic heterocycles. The van der Waals surface area contributed by atoms with E-state index in [0.717, 1.165) is 4.90 Å². The molecular formula is C34H40O7SSi. The summed E-state index contributed by atoms with van der Waals surface area (Å²) in [6, 6.07) is 27.7. The molecule has 0 aromatic heterocycles. The quantitative estimate of drug-likeness (QED) is 0.200. The molecule has 0 bridgehead atoms. The van der Waals surface area contributed by atoms with Gasteiger partial charge < -0.3 is 23.1 Å². The van der Waals surface area contributed by atoms with Crippen molar-refractivity contribution in [2.75, 3.05) is 6.61 Å². The van der Waals surface area contributed by atoms with Gasteiger partial charge in [0, 0.05) is 15.0 Å². The number of benzene rings is 3. The highest BCUT2D eigenvalue weighted by Crippen LogP contribution is 2.57. The van der Waals surface area contributed by atoms with Crippen molar-refractivity contribution >= 4 is 32.3 Å². The van der Waals surface area contributed by atoms with Crippen molar-refractivity contribution in [3.05, 3.63) is 102 Å². The van der Waals surface area contributed by atoms with E-state index in [1.54, 1.807) is 48.5 Å². The average molecular weight is 621 g/mol. The molecule has 0 N–H and O–H groups in total. The summed E-state index contributed by atoms with van der Waals surface area (Å²) in [5.74, 6) is -0.888. The van der Waals surface area contributed by atoms with Gasteiger partial charge in [-0.1, -0.05) is 108 Å². The van der Waals surface area contributed by atoms with E-state index in [4.69, 9.17) is 23.1 Å². The summed E-state index contributed by atoms with van der Waals surface area (Å²) < 4.78 is 32.9. The van der Waals surface area contributed by atoms with E-state index < -0.39 is 50.4 Å². The molecular weight excluding hydrogens is 581 g/mol. The first kappa shape index (κ1) is 31.5. The second kappa shape index (κ2) is 12.6. The predicted octanol–water partition coefficient (Wildman–Crippen LogP) is 7.41. The Hall–Kier alpha value is -2.95. The molecule has 0 radical (unpaired) electrons. The summed E-state index contributed by atoms with van der Waals surface area (Å²) in [5.41, 5.74) is 0.330. The first-order chi connectivity index (χ1) is 20.4. The minimum Gasteiger partial charge on any atom is -0.459 e. The van der Waals surface area contributed by atoms with Gasteiger partial charge in [0.05, 0.1) is 11.1 Å². The molecule has 2 fully saturated rings. The minimum atomic E-state index is -3.15. The van der Waals surface area contributed by atoms with E-state index in [1.165, 1.54) is 11.8 Å². The van der Waals surface area contributed by atoms with Gasteiger partial charge in [-0.3, -0.25) is 0 Å². The Kier molecular flexibility index (Phi) is 9.20. The van der Waals surface area contributed by atoms with Crippen molar-refractivity contribution in [3.63, 3.8) is 0 Å². The Morgan fingerprint density at radius 1 is 0.721 bits per heavy atom. The average Bonchev–Trinajstić information content (AvgIpc) is 3.32. The first-order valence-electron chi connectivity index (χ1n) is 14.6. The summed E-state index contributed by atoms with van der Waals surface area (Å²) in [7, 11) is -3.15. The fourth-order valence-electron chi connectivity index (χ4n) is 5.98. The van der Waals surface area contributed by atoms with Crippen LogP contribution in [0.5, 0.6) is 0 Å². The highest BCUT2D eigenvalue weighted by atomic mass is 32.2. The van der Waals surface area contributed by atoms with Crippen LogP contribution in [0.3, 0.4) is 0 Å². The maximum Gasteiger partial charge on any atom is 0.350 e. The molecule has 3 aromatic rings. The van der Waals surface area contributed by atoms with Gasteiger partial charge in [0.25, 0.3) is 0 Å². The number of hydrogen-bond donors (Lipinski definition) is 0. The molecule has 0 saturated carbocycles. The molecule has 7 nitrogen and oxygen atoms in total. The maximum atomic E-state index is 13.4. The molecule has 2 heterocycles. The molecule has 9 heteroatoms. The van der Waals surface area contributed by atoms with Crippen LogP contribution < -0.4 is 0 Å². The molecule has 5 atom stereocenters. The van der Waals surface area contributed by atoms with Crippen molar-refractivity contribution in [2.45, 2.75) is 86.4 Å². The fourth-order valence-corrected chi connectivity index (χ4v) is 12.1. The third-order valence-electron chi connectivity index (χ3n) is 7.80. The second-order valence-corrected chi connectivity index (χ2v) is 18.8. The topological polar surface area (TPSA) is 80.3 Å². The number of carbonyl (C=O) groups is 2. The van der Waals surface area contributed by atoms with Crippen molar-refractivity contribution in [2.24, 2.45) is 0 Å². The number of thioether (sulfide) groups is 1. The molecule has 0 unspecified atom stereocenters. The normalized spacial score (nSPS) is 25.0. The lowest BCUT2D eigenvalue weighted by Gasteiger charge is -2.55. The van der Waals surface area contributed by atoms with E-state index in [9.17, 15) is 9.59 Å². The zero-order chi connectivity index (χ0) is 30.8. The summed E-state index contributed by atoms with van der Waals surface area (Å²) in [5, 5.41) is -0.757. The number of rotatable bonds is 7. The predicted molar refractivity (Wildman–Crippen MR) is 168 cm³/mol. The van der Waals surface area contributed by atoms with E-state index in [0.29, 0.717) is 11.1 Å². The molecule has 43 heavy (non-hydrogen) atoms. The van der Waals surface area contributed by atoms with Crippen molar-refractivity contribution in [1.82, 2.24) is 0 Å². The van der Waals surface area contributed by atoms with Crippen LogP contribution in [0.2, 0.25) is 10.1 Å². The molecule has 2 saturated heterocycles. The van der Waals surface area contributed by atoms with Crippen LogP contribution in [0.15, 0.2) is 95.9 Å². The molecule has 0 spiro atoms. The van der Waals surface area contributed by atoms with Crippen LogP contribution >= 0.6 is 11.8 Å². The Balaban J connectivity index is 1.52. The number of hydrogen-bond acceptors (Lipinski definition) is 8. The number of fused-ring (bicyclic) bond motifs is 1. The summed E-state index contributed by atoms with van der Waals surface area (Å²) in [4.78, 5) is 27.4. The zero-order valence-corrected chi connectivity index (χ0v) is 27.3. The Bertz CT molecular complexity index is 1370. The number of ether oxygens (including phenoxy) is 3. The van der Waals surface area contributed by atoms with E-state index >= 15 is 0 Å². The van der Waals surface area contributed by atoms with Crippen LogP contribution in [0.25, 0.3) is 0 Å². The highest BCUT2D eigenvalue weighted by Gasteiger charge is 2.68. The van der Waals surface area contributed by atoms with Crippen molar-refractivity contribution in [3.8, 4) is 0 Å². The van der Waals surface area contributed by atoms with Gasteiger partial charge in [-0.15, -0.1) is 0 Å². The highest BCUT2D eigenvalue weighted by molar-refractivity contribution is 7.99. The largest absolute Gasteiger partial charge is 0.459 e. The van der Waals surface area contributed by atoms with Crippen molar-refractivity contribution in [1.29, 1.82) is 0 Å². The van der Waals surface area contributed by atoms with Gasteiger partial charge >= 0.3 is 20.5 Å². The summed E-state index contributed by atoms with van der Waals surface area (Å²) in [6.07, 6.45) is -2.64. The molecule has 0 aliphatic carbocycles. The molecule has 3 aromatic carbocycles. The molecule has 0 amide bonds. The summed E-state index contributed by atoms with van der Waals surface area (Å²) >= 11 is 1.47. The van der Waals surface area contributed by atoms with Gasteiger partial charge in [-0.05, 0) is 36.4 Å². The van der Waals surface area contributed by atoms with E-state index in [1.807, 2.05) is 42.5 Å². The lowest BCUT2D eigenvalue weighted by Crippen LogP contribution is -2.69. The van der Waals surface area contributed by atoms with Crippen LogP contribution in [0, 0.1) is 0 Å². The second-order valence-electron chi connectivity index (χ2n) is 13.0. The first-order valence-corrected chi connectivity index (χ1v) is 17.3. The molecule has 2 aliphatic rings. The van der Waals surface area contributed by atoms with Gasteiger partial charge in [0.2, 0.25) is 0 Å². The number of carbonyl (C=O) groups excluding carboxylic acids is 2. The molecule has 5 rings (SSSR count). The number of esters is 2. The van der Waals surface area contributed by atoms with Crippen LogP contribution in [0.1, 0.15) is 62.3 Å². The Morgan fingerprint density at radius 3 is 1.77 bits per heavy atom. The van der Waals surface area contributed by atoms with E-state index in [2.05, 4.69) is 41.5 Å². The van der Waals surface area contributed by atoms with Crippen LogP contribution in [-0.4, -0.2) is 57.0 Å². The fraction of sp³-hybridized carbons (Fsp3) is 0.412. The maximum absolute atomic E-state index is 13.4.